The Bertz CT molecular complexity index is 873. The summed E-state index contributed by atoms with van der Waals surface area (Å²) in [7, 11) is 1.21. The molecule has 0 saturated heterocycles. The smallest absolute Gasteiger partial charge is 0.341 e. The number of carboxylic acid groups (broad SMARTS) is 1. The zero-order chi connectivity index (χ0) is 18.4. The van der Waals surface area contributed by atoms with Gasteiger partial charge in [-0.1, -0.05) is 12.1 Å². The number of carboxylic acids is 1. The van der Waals surface area contributed by atoms with Crippen LogP contribution in [0.4, 0.5) is 5.69 Å². The average molecular weight is 346 g/mol. The third kappa shape index (κ3) is 4.22. The average Bonchev–Trinajstić information content (AvgIpc) is 2.60. The highest BCUT2D eigenvalue weighted by Gasteiger charge is 2.15. The van der Waals surface area contributed by atoms with Crippen LogP contribution in [-0.4, -0.2) is 41.4 Å². The zero-order valence-electron chi connectivity index (χ0n) is 13.1. The van der Waals surface area contributed by atoms with Crippen LogP contribution < -0.4 is 15.7 Å². The number of carbonyl (C=O) groups excluding carboxylic acids is 2. The van der Waals surface area contributed by atoms with Gasteiger partial charge >= 0.3 is 11.9 Å². The second-order valence-corrected chi connectivity index (χ2v) is 4.72. The number of amides is 1. The van der Waals surface area contributed by atoms with Gasteiger partial charge in [0, 0.05) is 6.20 Å². The number of para-hydroxylation sites is 1. The van der Waals surface area contributed by atoms with Gasteiger partial charge in [-0.15, -0.1) is 0 Å². The maximum Gasteiger partial charge on any atom is 0.341 e. The summed E-state index contributed by atoms with van der Waals surface area (Å²) in [6, 6.07) is 8.62. The number of pyridine rings is 1. The van der Waals surface area contributed by atoms with Crippen molar-refractivity contribution < 1.29 is 29.1 Å². The van der Waals surface area contributed by atoms with E-state index in [1.54, 1.807) is 12.1 Å². The molecule has 0 bridgehead atoms. The molecule has 0 saturated carbocycles. The lowest BCUT2D eigenvalue weighted by atomic mass is 10.2. The molecule has 0 fully saturated rings. The highest BCUT2D eigenvalue weighted by atomic mass is 16.7. The summed E-state index contributed by atoms with van der Waals surface area (Å²) < 4.78 is 5.26. The molecule has 0 spiro atoms. The van der Waals surface area contributed by atoms with Crippen molar-refractivity contribution >= 4 is 23.5 Å². The summed E-state index contributed by atoms with van der Waals surface area (Å²) in [6.45, 7) is -0.571. The molecular formula is C16H14N2O7. The number of rotatable bonds is 6. The van der Waals surface area contributed by atoms with Crippen LogP contribution in [0.15, 0.2) is 47.4 Å². The van der Waals surface area contributed by atoms with Crippen LogP contribution in [0.5, 0.6) is 0 Å². The molecule has 9 heteroatoms. The number of benzene rings is 1. The Hall–Kier alpha value is -3.62. The Morgan fingerprint density at radius 2 is 1.80 bits per heavy atom. The van der Waals surface area contributed by atoms with Gasteiger partial charge in [0.05, 0.1) is 18.4 Å². The van der Waals surface area contributed by atoms with E-state index in [0.29, 0.717) is 4.73 Å². The van der Waals surface area contributed by atoms with Gasteiger partial charge in [0.1, 0.15) is 5.56 Å². The first-order chi connectivity index (χ1) is 11.9. The molecule has 25 heavy (non-hydrogen) atoms. The fourth-order valence-corrected chi connectivity index (χ4v) is 1.93. The highest BCUT2D eigenvalue weighted by Crippen LogP contribution is 2.15. The number of ether oxygens (including phenoxy) is 1. The van der Waals surface area contributed by atoms with E-state index in [1.807, 2.05) is 0 Å². The van der Waals surface area contributed by atoms with Crippen molar-refractivity contribution in [1.29, 1.82) is 0 Å². The molecule has 1 heterocycles. The minimum absolute atomic E-state index is 0.156. The molecule has 0 atom stereocenters. The van der Waals surface area contributed by atoms with E-state index in [9.17, 15) is 19.2 Å². The van der Waals surface area contributed by atoms with Crippen LogP contribution >= 0.6 is 0 Å². The Labute approximate surface area is 141 Å². The van der Waals surface area contributed by atoms with Gasteiger partial charge in [-0.25, -0.2) is 9.59 Å². The number of esters is 1. The summed E-state index contributed by atoms with van der Waals surface area (Å²) in [5.41, 5.74) is -1.02. The van der Waals surface area contributed by atoms with E-state index >= 15 is 0 Å². The highest BCUT2D eigenvalue weighted by molar-refractivity contribution is 6.01. The fourth-order valence-electron chi connectivity index (χ4n) is 1.93. The van der Waals surface area contributed by atoms with E-state index in [4.69, 9.17) is 9.94 Å². The van der Waals surface area contributed by atoms with Gasteiger partial charge < -0.3 is 20.0 Å². The molecule has 2 aromatic rings. The van der Waals surface area contributed by atoms with Gasteiger partial charge in [-0.2, -0.15) is 4.73 Å². The van der Waals surface area contributed by atoms with Gasteiger partial charge in [0.15, 0.2) is 6.61 Å². The zero-order valence-corrected chi connectivity index (χ0v) is 13.1. The van der Waals surface area contributed by atoms with Gasteiger partial charge in [-0.05, 0) is 24.3 Å². The van der Waals surface area contributed by atoms with Gasteiger partial charge in [-0.3, -0.25) is 9.59 Å². The predicted octanol–water partition coefficient (Wildman–Crippen LogP) is 0.400. The topological polar surface area (TPSA) is 124 Å². The molecule has 0 aliphatic rings. The van der Waals surface area contributed by atoms with Crippen molar-refractivity contribution in [1.82, 2.24) is 4.73 Å². The standard InChI is InChI=1S/C16H14N2O7/c1-24-16(23)10-5-2-3-7-12(10)17-13(19)9-25-18-8-4-6-11(14(18)20)15(21)22/h2-8H,9H2,1H3,(H,17,19)(H,21,22). The largest absolute Gasteiger partial charge is 0.477 e. The number of carbonyl (C=O) groups is 3. The molecule has 1 aromatic carbocycles. The van der Waals surface area contributed by atoms with Crippen molar-refractivity contribution in [3.8, 4) is 0 Å². The van der Waals surface area contributed by atoms with Crippen LogP contribution in [-0.2, 0) is 9.53 Å². The molecule has 0 unspecified atom stereocenters. The van der Waals surface area contributed by atoms with Crippen LogP contribution in [0, 0.1) is 0 Å². The van der Waals surface area contributed by atoms with Crippen molar-refractivity contribution in [3.63, 3.8) is 0 Å². The first-order valence-corrected chi connectivity index (χ1v) is 6.99. The van der Waals surface area contributed by atoms with Gasteiger partial charge in [0.2, 0.25) is 0 Å². The number of aromatic nitrogens is 1. The third-order valence-corrected chi connectivity index (χ3v) is 3.09. The Morgan fingerprint density at radius 1 is 1.12 bits per heavy atom. The summed E-state index contributed by atoms with van der Waals surface area (Å²) >= 11 is 0. The van der Waals surface area contributed by atoms with E-state index in [1.165, 1.54) is 31.5 Å². The Balaban J connectivity index is 2.08. The number of nitrogens with one attached hydrogen (secondary N) is 1. The predicted molar refractivity (Wildman–Crippen MR) is 85.5 cm³/mol. The molecule has 0 aliphatic heterocycles. The number of anilines is 1. The molecule has 0 aliphatic carbocycles. The summed E-state index contributed by atoms with van der Waals surface area (Å²) in [6.07, 6.45) is 1.18. The fraction of sp³-hybridized carbons (Fsp3) is 0.125. The Kier molecular flexibility index (Phi) is 5.51. The van der Waals surface area contributed by atoms with Crippen LogP contribution in [0.25, 0.3) is 0 Å². The summed E-state index contributed by atoms with van der Waals surface area (Å²) in [4.78, 5) is 51.3. The van der Waals surface area contributed by atoms with E-state index in [2.05, 4.69) is 10.1 Å². The first kappa shape index (κ1) is 17.7. The van der Waals surface area contributed by atoms with Crippen molar-refractivity contribution in [2.45, 2.75) is 0 Å². The third-order valence-electron chi connectivity index (χ3n) is 3.09. The minimum atomic E-state index is -1.40. The van der Waals surface area contributed by atoms with E-state index in [0.717, 1.165) is 6.07 Å². The first-order valence-electron chi connectivity index (χ1n) is 6.99. The second-order valence-electron chi connectivity index (χ2n) is 4.72. The molecule has 1 aromatic heterocycles. The van der Waals surface area contributed by atoms with Crippen molar-refractivity contribution in [2.24, 2.45) is 0 Å². The number of nitrogens with zero attached hydrogens (tertiary/aromatic N) is 1. The van der Waals surface area contributed by atoms with Crippen molar-refractivity contribution in [2.75, 3.05) is 19.0 Å². The van der Waals surface area contributed by atoms with Crippen LogP contribution in [0.1, 0.15) is 20.7 Å². The van der Waals surface area contributed by atoms with Crippen LogP contribution in [0.2, 0.25) is 0 Å². The number of hydrogen-bond donors (Lipinski definition) is 2. The monoisotopic (exact) mass is 346 g/mol. The lowest BCUT2D eigenvalue weighted by molar-refractivity contribution is -0.120. The number of hydrogen-bond acceptors (Lipinski definition) is 6. The van der Waals surface area contributed by atoms with Gasteiger partial charge in [0.25, 0.3) is 11.5 Å². The lowest BCUT2D eigenvalue weighted by Crippen LogP contribution is -2.34. The Morgan fingerprint density at radius 3 is 2.48 bits per heavy atom. The molecule has 9 nitrogen and oxygen atoms in total. The number of methoxy groups -OCH3 is 1. The molecule has 0 radical (unpaired) electrons. The molecule has 1 amide bonds. The van der Waals surface area contributed by atoms with Crippen molar-refractivity contribution in [3.05, 3.63) is 64.1 Å². The quantitative estimate of drug-likeness (QED) is 0.726. The lowest BCUT2D eigenvalue weighted by Gasteiger charge is -2.11. The SMILES string of the molecule is COC(=O)c1ccccc1NC(=O)COn1cccc(C(=O)O)c1=O. The summed E-state index contributed by atoms with van der Waals surface area (Å²) in [5, 5.41) is 11.3. The van der Waals surface area contributed by atoms with E-state index in [-0.39, 0.29) is 11.3 Å². The molecule has 2 N–H and O–H groups in total. The summed E-state index contributed by atoms with van der Waals surface area (Å²) in [5.74, 6) is -2.68. The van der Waals surface area contributed by atoms with E-state index < -0.39 is 35.6 Å². The second kappa shape index (κ2) is 7.77. The maximum atomic E-state index is 12.0. The molecular weight excluding hydrogens is 332 g/mol. The minimum Gasteiger partial charge on any atom is -0.477 e. The molecule has 130 valence electrons. The number of aromatic carboxylic acids is 1. The van der Waals surface area contributed by atoms with Crippen LogP contribution in [0.3, 0.4) is 0 Å². The molecule has 2 rings (SSSR count). The maximum absolute atomic E-state index is 12.0. The normalized spacial score (nSPS) is 9.96.